The van der Waals surface area contributed by atoms with Crippen LogP contribution in [0.2, 0.25) is 0 Å². The van der Waals surface area contributed by atoms with Crippen molar-refractivity contribution < 1.29 is 19.4 Å². The molecule has 1 amide bonds. The third kappa shape index (κ3) is 3.12. The van der Waals surface area contributed by atoms with Gasteiger partial charge in [-0.3, -0.25) is 0 Å². The average molecular weight is 331 g/mol. The lowest BCUT2D eigenvalue weighted by molar-refractivity contribution is -0.231. The molecule has 0 heterocycles. The minimum Gasteiger partial charge on any atom is -0.480 e. The van der Waals surface area contributed by atoms with Crippen LogP contribution in [-0.2, 0) is 16.1 Å². The zero-order valence-electron chi connectivity index (χ0n) is 14.2. The van der Waals surface area contributed by atoms with Crippen LogP contribution in [0.15, 0.2) is 30.3 Å². The normalized spacial score (nSPS) is 28.5. The number of carboxylic acid groups (broad SMARTS) is 1. The van der Waals surface area contributed by atoms with Gasteiger partial charge in [0.1, 0.15) is 12.6 Å². The first-order chi connectivity index (χ1) is 11.3. The molecule has 1 aromatic carbocycles. The van der Waals surface area contributed by atoms with Gasteiger partial charge in [-0.05, 0) is 42.6 Å². The summed E-state index contributed by atoms with van der Waals surface area (Å²) in [6.07, 6.45) is 3.17. The molecule has 4 rings (SSSR count). The quantitative estimate of drug-likeness (QED) is 0.801. The number of hydrogen-bond donors (Lipinski definition) is 2. The maximum absolute atomic E-state index is 12.0. The van der Waals surface area contributed by atoms with E-state index < -0.39 is 18.1 Å². The lowest BCUT2D eigenvalue weighted by Gasteiger charge is -2.73. The van der Waals surface area contributed by atoms with Crippen molar-refractivity contribution in [3.8, 4) is 0 Å². The smallest absolute Gasteiger partial charge is 0.408 e. The van der Waals surface area contributed by atoms with E-state index in [-0.39, 0.29) is 12.0 Å². The van der Waals surface area contributed by atoms with Crippen LogP contribution in [0.3, 0.4) is 0 Å². The standard InChI is InChI=1S/C19H25NO4/c1-13(2)8-18-10-19(11-18,12-18)15(16(21)22)20-17(23)24-9-14-6-4-3-5-7-14/h3-7,13,15H,8-12H2,1-2H3,(H,20,23)(H,21,22). The molecule has 130 valence electrons. The predicted molar refractivity (Wildman–Crippen MR) is 89.4 cm³/mol. The third-order valence-electron chi connectivity index (χ3n) is 5.36. The second kappa shape index (κ2) is 6.11. The van der Waals surface area contributed by atoms with E-state index in [9.17, 15) is 14.7 Å². The molecule has 0 aromatic heterocycles. The van der Waals surface area contributed by atoms with Crippen LogP contribution in [0.4, 0.5) is 4.79 Å². The van der Waals surface area contributed by atoms with Gasteiger partial charge in [-0.1, -0.05) is 44.2 Å². The van der Waals surface area contributed by atoms with Gasteiger partial charge in [0.2, 0.25) is 0 Å². The zero-order chi connectivity index (χ0) is 17.4. The largest absolute Gasteiger partial charge is 0.480 e. The third-order valence-corrected chi connectivity index (χ3v) is 5.36. The topological polar surface area (TPSA) is 75.6 Å². The highest BCUT2D eigenvalue weighted by molar-refractivity contribution is 5.81. The molecule has 3 aliphatic rings. The molecule has 24 heavy (non-hydrogen) atoms. The Bertz CT molecular complexity index is 606. The lowest BCUT2D eigenvalue weighted by Crippen LogP contribution is -2.71. The van der Waals surface area contributed by atoms with E-state index in [1.807, 2.05) is 30.3 Å². The fraction of sp³-hybridized carbons (Fsp3) is 0.579. The van der Waals surface area contributed by atoms with Gasteiger partial charge in [0.25, 0.3) is 0 Å². The molecular formula is C19H25NO4. The number of rotatable bonds is 7. The Balaban J connectivity index is 1.53. The number of alkyl carbamates (subject to hydrolysis) is 1. The maximum Gasteiger partial charge on any atom is 0.408 e. The van der Waals surface area contributed by atoms with Crippen molar-refractivity contribution in [2.45, 2.75) is 52.2 Å². The van der Waals surface area contributed by atoms with Crippen molar-refractivity contribution in [3.05, 3.63) is 35.9 Å². The fourth-order valence-corrected chi connectivity index (χ4v) is 4.83. The van der Waals surface area contributed by atoms with E-state index in [4.69, 9.17) is 4.74 Å². The summed E-state index contributed by atoms with van der Waals surface area (Å²) in [4.78, 5) is 23.6. The van der Waals surface area contributed by atoms with Crippen molar-refractivity contribution in [3.63, 3.8) is 0 Å². The molecule has 3 saturated carbocycles. The monoisotopic (exact) mass is 331 g/mol. The van der Waals surface area contributed by atoms with Crippen molar-refractivity contribution in [2.24, 2.45) is 16.7 Å². The molecule has 3 aliphatic carbocycles. The van der Waals surface area contributed by atoms with Gasteiger partial charge in [-0.2, -0.15) is 0 Å². The van der Waals surface area contributed by atoms with Gasteiger partial charge in [0, 0.05) is 5.41 Å². The Morgan fingerprint density at radius 1 is 1.21 bits per heavy atom. The highest BCUT2D eigenvalue weighted by atomic mass is 16.5. The number of benzene rings is 1. The zero-order valence-corrected chi connectivity index (χ0v) is 14.2. The number of carbonyl (C=O) groups excluding carboxylic acids is 1. The highest BCUT2D eigenvalue weighted by Crippen LogP contribution is 2.76. The van der Waals surface area contributed by atoms with E-state index in [1.165, 1.54) is 0 Å². The van der Waals surface area contributed by atoms with E-state index in [2.05, 4.69) is 19.2 Å². The van der Waals surface area contributed by atoms with Crippen LogP contribution in [0.25, 0.3) is 0 Å². The number of ether oxygens (including phenoxy) is 1. The van der Waals surface area contributed by atoms with E-state index in [1.54, 1.807) is 0 Å². The van der Waals surface area contributed by atoms with Gasteiger partial charge in [-0.15, -0.1) is 0 Å². The fourth-order valence-electron chi connectivity index (χ4n) is 4.83. The molecule has 2 N–H and O–H groups in total. The number of hydrogen-bond acceptors (Lipinski definition) is 3. The number of carbonyl (C=O) groups is 2. The Hall–Kier alpha value is -2.04. The molecule has 1 unspecified atom stereocenters. The molecule has 1 aromatic rings. The molecule has 0 aliphatic heterocycles. The first kappa shape index (κ1) is 16.8. The van der Waals surface area contributed by atoms with Crippen molar-refractivity contribution in [1.29, 1.82) is 0 Å². The molecule has 0 saturated heterocycles. The van der Waals surface area contributed by atoms with E-state index in [0.29, 0.717) is 11.3 Å². The second-order valence-electron chi connectivity index (χ2n) is 7.97. The molecule has 3 fully saturated rings. The number of carboxylic acids is 1. The van der Waals surface area contributed by atoms with Gasteiger partial charge in [0.05, 0.1) is 0 Å². The summed E-state index contributed by atoms with van der Waals surface area (Å²) in [5.74, 6) is -0.347. The summed E-state index contributed by atoms with van der Waals surface area (Å²) in [6, 6.07) is 8.49. The van der Waals surface area contributed by atoms with Crippen LogP contribution in [0, 0.1) is 16.7 Å². The summed E-state index contributed by atoms with van der Waals surface area (Å²) in [6.45, 7) is 4.53. The first-order valence-corrected chi connectivity index (χ1v) is 8.54. The number of amides is 1. The van der Waals surface area contributed by atoms with Gasteiger partial charge < -0.3 is 15.2 Å². The molecule has 5 heteroatoms. The van der Waals surface area contributed by atoms with Gasteiger partial charge >= 0.3 is 12.1 Å². The SMILES string of the molecule is CC(C)CC12CC(C(NC(=O)OCc3ccccc3)C(=O)O)(C1)C2. The van der Waals surface area contributed by atoms with Crippen LogP contribution in [0.1, 0.15) is 45.1 Å². The minimum absolute atomic E-state index is 0.142. The molecule has 5 nitrogen and oxygen atoms in total. The van der Waals surface area contributed by atoms with Crippen molar-refractivity contribution >= 4 is 12.1 Å². The second-order valence-corrected chi connectivity index (χ2v) is 7.97. The van der Waals surface area contributed by atoms with E-state index >= 15 is 0 Å². The summed E-state index contributed by atoms with van der Waals surface area (Å²) < 4.78 is 5.17. The van der Waals surface area contributed by atoms with Crippen LogP contribution >= 0.6 is 0 Å². The molecular weight excluding hydrogens is 306 g/mol. The van der Waals surface area contributed by atoms with Crippen molar-refractivity contribution in [2.75, 3.05) is 0 Å². The summed E-state index contributed by atoms with van der Waals surface area (Å²) in [7, 11) is 0. The maximum atomic E-state index is 12.0. The number of aliphatic carboxylic acids is 1. The Kier molecular flexibility index (Phi) is 4.28. The Labute approximate surface area is 142 Å². The van der Waals surface area contributed by atoms with Crippen LogP contribution in [0.5, 0.6) is 0 Å². The Morgan fingerprint density at radius 2 is 1.83 bits per heavy atom. The Morgan fingerprint density at radius 3 is 2.38 bits per heavy atom. The average Bonchev–Trinajstić information content (AvgIpc) is 2.46. The molecule has 0 radical (unpaired) electrons. The van der Waals surface area contributed by atoms with Gasteiger partial charge in [0.15, 0.2) is 0 Å². The summed E-state index contributed by atoms with van der Waals surface area (Å²) in [5, 5.41) is 12.1. The van der Waals surface area contributed by atoms with Crippen LogP contribution < -0.4 is 5.32 Å². The summed E-state index contributed by atoms with van der Waals surface area (Å²) in [5.41, 5.74) is 0.921. The predicted octanol–water partition coefficient (Wildman–Crippen LogP) is 3.58. The molecule has 0 spiro atoms. The highest BCUT2D eigenvalue weighted by Gasteiger charge is 2.71. The summed E-state index contributed by atoms with van der Waals surface area (Å²) >= 11 is 0. The van der Waals surface area contributed by atoms with Gasteiger partial charge in [-0.25, -0.2) is 9.59 Å². The van der Waals surface area contributed by atoms with Crippen LogP contribution in [-0.4, -0.2) is 23.2 Å². The van der Waals surface area contributed by atoms with Crippen molar-refractivity contribution in [1.82, 2.24) is 5.32 Å². The number of nitrogens with one attached hydrogen (secondary N) is 1. The lowest BCUT2D eigenvalue weighted by atomic mass is 9.32. The first-order valence-electron chi connectivity index (χ1n) is 8.54. The minimum atomic E-state index is -0.968. The molecule has 1 atom stereocenters. The van der Waals surface area contributed by atoms with E-state index in [0.717, 1.165) is 31.2 Å². The molecule has 2 bridgehead atoms.